The fraction of sp³-hybridized carbons (Fsp3) is 0.312. The number of anilines is 2. The number of fused-ring (bicyclic) bond motifs is 1. The molecule has 0 saturated carbocycles. The van der Waals surface area contributed by atoms with Gasteiger partial charge in [-0.05, 0) is 12.1 Å². The molecule has 0 radical (unpaired) electrons. The van der Waals surface area contributed by atoms with Gasteiger partial charge in [-0.15, -0.1) is 0 Å². The highest BCUT2D eigenvalue weighted by molar-refractivity contribution is 5.86. The van der Waals surface area contributed by atoms with Gasteiger partial charge < -0.3 is 9.80 Å². The Labute approximate surface area is 139 Å². The van der Waals surface area contributed by atoms with Gasteiger partial charge in [0.25, 0.3) is 0 Å². The zero-order valence-electron chi connectivity index (χ0n) is 13.3. The van der Waals surface area contributed by atoms with Gasteiger partial charge in [-0.3, -0.25) is 4.68 Å². The quantitative estimate of drug-likeness (QED) is 0.695. The fourth-order valence-electron chi connectivity index (χ4n) is 3.02. The minimum absolute atomic E-state index is 0.442. The van der Waals surface area contributed by atoms with Crippen LogP contribution in [0.2, 0.25) is 0 Å². The lowest BCUT2D eigenvalue weighted by molar-refractivity contribution is 0.648. The monoisotopic (exact) mass is 320 g/mol. The second-order valence-corrected chi connectivity index (χ2v) is 5.69. The number of hydrogen-bond acceptors (Lipinski definition) is 7. The summed E-state index contributed by atoms with van der Waals surface area (Å²) < 4.78 is 1.76. The summed E-state index contributed by atoms with van der Waals surface area (Å²) in [7, 11) is 1.88. The Morgan fingerprint density at radius 1 is 1.00 bits per heavy atom. The van der Waals surface area contributed by atoms with Crippen molar-refractivity contribution in [3.63, 3.8) is 0 Å². The first kappa shape index (κ1) is 14.4. The summed E-state index contributed by atoms with van der Waals surface area (Å²) in [5.41, 5.74) is 2.33. The second-order valence-electron chi connectivity index (χ2n) is 5.69. The maximum Gasteiger partial charge on any atom is 0.163 e. The number of nitriles is 1. The SMILES string of the molecule is Cn1ncc2c(N3CCN(c4ccc(C#N)nc4)CC3)ncnc21. The molecule has 1 fully saturated rings. The smallest absolute Gasteiger partial charge is 0.163 e. The molecule has 1 aliphatic rings. The molecule has 4 heterocycles. The summed E-state index contributed by atoms with van der Waals surface area (Å²) in [6, 6.07) is 5.75. The van der Waals surface area contributed by atoms with Crippen molar-refractivity contribution in [1.82, 2.24) is 24.7 Å². The molecule has 0 N–H and O–H groups in total. The van der Waals surface area contributed by atoms with E-state index in [1.165, 1.54) is 0 Å². The zero-order chi connectivity index (χ0) is 16.5. The van der Waals surface area contributed by atoms with Gasteiger partial charge in [0.05, 0.1) is 23.5 Å². The Kier molecular flexibility index (Phi) is 3.46. The standard InChI is InChI=1S/C16H16N8/c1-22-15-14(10-21-22)16(20-11-19-15)24-6-4-23(5-7-24)13-3-2-12(8-17)18-9-13/h2-3,9-11H,4-7H2,1H3. The normalized spacial score (nSPS) is 14.8. The predicted molar refractivity (Wildman–Crippen MR) is 89.7 cm³/mol. The third kappa shape index (κ3) is 2.40. The Hall–Kier alpha value is -3.21. The first-order valence-corrected chi connectivity index (χ1v) is 7.75. The summed E-state index contributed by atoms with van der Waals surface area (Å²) in [5, 5.41) is 14.1. The summed E-state index contributed by atoms with van der Waals surface area (Å²) in [6.45, 7) is 3.47. The summed E-state index contributed by atoms with van der Waals surface area (Å²) in [6.07, 6.45) is 5.18. The fourth-order valence-corrected chi connectivity index (χ4v) is 3.02. The van der Waals surface area contributed by atoms with Gasteiger partial charge in [0.2, 0.25) is 0 Å². The van der Waals surface area contributed by atoms with Gasteiger partial charge in [-0.1, -0.05) is 0 Å². The van der Waals surface area contributed by atoms with Crippen LogP contribution in [0, 0.1) is 11.3 Å². The molecule has 0 aliphatic carbocycles. The molecule has 0 aromatic carbocycles. The number of nitrogens with zero attached hydrogens (tertiary/aromatic N) is 8. The summed E-state index contributed by atoms with van der Waals surface area (Å²) in [5.74, 6) is 0.936. The second kappa shape index (κ2) is 5.77. The van der Waals surface area contributed by atoms with Crippen LogP contribution in [-0.2, 0) is 7.05 Å². The van der Waals surface area contributed by atoms with E-state index in [0.29, 0.717) is 5.69 Å². The topological polar surface area (TPSA) is 86.8 Å². The van der Waals surface area contributed by atoms with Crippen molar-refractivity contribution < 1.29 is 0 Å². The third-order valence-corrected chi connectivity index (χ3v) is 4.32. The molecule has 0 atom stereocenters. The number of hydrogen-bond donors (Lipinski definition) is 0. The molecule has 3 aromatic heterocycles. The van der Waals surface area contributed by atoms with Crippen molar-refractivity contribution in [3.8, 4) is 6.07 Å². The van der Waals surface area contributed by atoms with Crippen LogP contribution in [-0.4, -0.2) is 50.9 Å². The van der Waals surface area contributed by atoms with E-state index in [0.717, 1.165) is 48.7 Å². The Morgan fingerprint density at radius 2 is 1.79 bits per heavy atom. The maximum absolute atomic E-state index is 8.84. The highest BCUT2D eigenvalue weighted by Crippen LogP contribution is 2.24. The Bertz CT molecular complexity index is 900. The van der Waals surface area contributed by atoms with E-state index in [1.807, 2.05) is 25.4 Å². The summed E-state index contributed by atoms with van der Waals surface area (Å²) in [4.78, 5) is 17.4. The Balaban J connectivity index is 1.52. The van der Waals surface area contributed by atoms with E-state index in [2.05, 4.69) is 29.9 Å². The van der Waals surface area contributed by atoms with Gasteiger partial charge in [0.1, 0.15) is 23.9 Å². The van der Waals surface area contributed by atoms with Crippen molar-refractivity contribution in [2.24, 2.45) is 7.05 Å². The number of piperazine rings is 1. The number of aryl methyl sites for hydroxylation is 1. The molecule has 4 rings (SSSR count). The van der Waals surface area contributed by atoms with Crippen LogP contribution >= 0.6 is 0 Å². The van der Waals surface area contributed by atoms with Crippen molar-refractivity contribution in [2.75, 3.05) is 36.0 Å². The maximum atomic E-state index is 8.84. The minimum Gasteiger partial charge on any atom is -0.367 e. The molecule has 0 unspecified atom stereocenters. The molecule has 8 nitrogen and oxygen atoms in total. The predicted octanol–water partition coefficient (Wildman–Crippen LogP) is 0.957. The van der Waals surface area contributed by atoms with Crippen LogP contribution in [0.1, 0.15) is 5.69 Å². The van der Waals surface area contributed by atoms with Crippen LogP contribution in [0.4, 0.5) is 11.5 Å². The largest absolute Gasteiger partial charge is 0.367 e. The van der Waals surface area contributed by atoms with E-state index in [1.54, 1.807) is 23.3 Å². The zero-order valence-corrected chi connectivity index (χ0v) is 13.3. The lowest BCUT2D eigenvalue weighted by Crippen LogP contribution is -2.47. The van der Waals surface area contributed by atoms with Gasteiger partial charge in [0, 0.05) is 33.2 Å². The van der Waals surface area contributed by atoms with E-state index >= 15 is 0 Å². The molecule has 0 amide bonds. The molecule has 1 saturated heterocycles. The minimum atomic E-state index is 0.442. The van der Waals surface area contributed by atoms with E-state index in [-0.39, 0.29) is 0 Å². The van der Waals surface area contributed by atoms with Crippen LogP contribution < -0.4 is 9.80 Å². The molecule has 8 heteroatoms. The molecule has 0 spiro atoms. The average molecular weight is 320 g/mol. The van der Waals surface area contributed by atoms with Crippen molar-refractivity contribution in [2.45, 2.75) is 0 Å². The van der Waals surface area contributed by atoms with E-state index in [9.17, 15) is 0 Å². The van der Waals surface area contributed by atoms with Crippen molar-refractivity contribution in [3.05, 3.63) is 36.5 Å². The van der Waals surface area contributed by atoms with Gasteiger partial charge in [0.15, 0.2) is 5.65 Å². The number of aromatic nitrogens is 5. The number of pyridine rings is 1. The van der Waals surface area contributed by atoms with Gasteiger partial charge >= 0.3 is 0 Å². The molecule has 3 aromatic rings. The highest BCUT2D eigenvalue weighted by atomic mass is 15.3. The average Bonchev–Trinajstić information content (AvgIpc) is 3.03. The number of rotatable bonds is 2. The first-order valence-electron chi connectivity index (χ1n) is 7.75. The molecule has 1 aliphatic heterocycles. The molecule has 24 heavy (non-hydrogen) atoms. The van der Waals surface area contributed by atoms with E-state index in [4.69, 9.17) is 5.26 Å². The molecular formula is C16H16N8. The third-order valence-electron chi connectivity index (χ3n) is 4.32. The van der Waals surface area contributed by atoms with Crippen molar-refractivity contribution >= 4 is 22.5 Å². The lowest BCUT2D eigenvalue weighted by Gasteiger charge is -2.36. The molecular weight excluding hydrogens is 304 g/mol. The first-order chi connectivity index (χ1) is 11.8. The molecule has 0 bridgehead atoms. The van der Waals surface area contributed by atoms with Crippen molar-refractivity contribution in [1.29, 1.82) is 5.26 Å². The van der Waals surface area contributed by atoms with E-state index < -0.39 is 0 Å². The Morgan fingerprint density at radius 3 is 2.50 bits per heavy atom. The van der Waals surface area contributed by atoms with Crippen LogP contribution in [0.25, 0.3) is 11.0 Å². The van der Waals surface area contributed by atoms with Crippen LogP contribution in [0.3, 0.4) is 0 Å². The van der Waals surface area contributed by atoms with Crippen LogP contribution in [0.15, 0.2) is 30.9 Å². The van der Waals surface area contributed by atoms with Crippen LogP contribution in [0.5, 0.6) is 0 Å². The van der Waals surface area contributed by atoms with Gasteiger partial charge in [-0.2, -0.15) is 10.4 Å². The lowest BCUT2D eigenvalue weighted by atomic mass is 10.2. The van der Waals surface area contributed by atoms with Gasteiger partial charge in [-0.25, -0.2) is 15.0 Å². The highest BCUT2D eigenvalue weighted by Gasteiger charge is 2.21. The summed E-state index contributed by atoms with van der Waals surface area (Å²) >= 11 is 0. The molecule has 120 valence electrons.